The van der Waals surface area contributed by atoms with E-state index in [1.807, 2.05) is 23.1 Å². The minimum absolute atomic E-state index is 0.0887. The number of nitrogens with one attached hydrogen (secondary N) is 1. The highest BCUT2D eigenvalue weighted by Gasteiger charge is 2.43. The molecule has 0 saturated carbocycles. The normalized spacial score (nSPS) is 21.9. The average Bonchev–Trinajstić information content (AvgIpc) is 2.59. The smallest absolute Gasteiger partial charge is 0.241 e. The maximum atomic E-state index is 12.5. The van der Waals surface area contributed by atoms with E-state index in [1.54, 1.807) is 0 Å². The van der Waals surface area contributed by atoms with Gasteiger partial charge in [0.15, 0.2) is 0 Å². The molecule has 1 saturated heterocycles. The molecule has 0 unspecified atom stereocenters. The molecule has 3 nitrogen and oxygen atoms in total. The van der Waals surface area contributed by atoms with Gasteiger partial charge in [-0.05, 0) is 32.3 Å². The minimum atomic E-state index is -0.230. The summed E-state index contributed by atoms with van der Waals surface area (Å²) in [6, 6.07) is 10.1. The Morgan fingerprint density at radius 2 is 1.95 bits per heavy atom. The van der Waals surface area contributed by atoms with Crippen molar-refractivity contribution in [2.75, 3.05) is 6.54 Å². The number of unbranched alkanes of at least 4 members (excludes halogenated alkanes) is 1. The fourth-order valence-corrected chi connectivity index (χ4v) is 2.72. The fourth-order valence-electron chi connectivity index (χ4n) is 2.72. The molecule has 2 rings (SSSR count). The molecule has 0 aromatic heterocycles. The highest BCUT2D eigenvalue weighted by molar-refractivity contribution is 5.85. The van der Waals surface area contributed by atoms with Crippen LogP contribution in [0.3, 0.4) is 0 Å². The molecule has 0 spiro atoms. The summed E-state index contributed by atoms with van der Waals surface area (Å²) in [6.07, 6.45) is 2.95. The lowest BCUT2D eigenvalue weighted by molar-refractivity contribution is -0.131. The second-order valence-electron chi connectivity index (χ2n) is 5.79. The lowest BCUT2D eigenvalue weighted by Gasteiger charge is -2.31. The Morgan fingerprint density at radius 3 is 2.58 bits per heavy atom. The summed E-state index contributed by atoms with van der Waals surface area (Å²) in [5.74, 6) is 0.238. The van der Waals surface area contributed by atoms with E-state index < -0.39 is 0 Å². The van der Waals surface area contributed by atoms with E-state index in [4.69, 9.17) is 0 Å². The fraction of sp³-hybridized carbons (Fsp3) is 0.562. The molecule has 0 aliphatic carbocycles. The maximum Gasteiger partial charge on any atom is 0.241 e. The summed E-state index contributed by atoms with van der Waals surface area (Å²) in [7, 11) is 0. The largest absolute Gasteiger partial charge is 0.324 e. The molecule has 1 aromatic carbocycles. The van der Waals surface area contributed by atoms with Gasteiger partial charge in [-0.1, -0.05) is 43.7 Å². The van der Waals surface area contributed by atoms with Gasteiger partial charge in [0.05, 0.1) is 11.7 Å². The summed E-state index contributed by atoms with van der Waals surface area (Å²) in [5, 5.41) is 3.46. The van der Waals surface area contributed by atoms with Gasteiger partial charge in [0.1, 0.15) is 0 Å². The van der Waals surface area contributed by atoms with Crippen molar-refractivity contribution in [1.29, 1.82) is 0 Å². The van der Waals surface area contributed by atoms with Crippen molar-refractivity contribution in [2.24, 2.45) is 0 Å². The lowest BCUT2D eigenvalue weighted by atomic mass is 10.1. The van der Waals surface area contributed by atoms with Gasteiger partial charge in [-0.25, -0.2) is 0 Å². The maximum absolute atomic E-state index is 12.5. The summed E-state index contributed by atoms with van der Waals surface area (Å²) in [6.45, 7) is 7.18. The van der Waals surface area contributed by atoms with Gasteiger partial charge in [0.2, 0.25) is 5.91 Å². The standard InChI is InChI=1S/C16H24N2O/c1-4-5-11-18-15(19)14(17-16(18,2)3)12-13-9-7-6-8-10-13/h6-10,14,17H,4-5,11-12H2,1-3H3/t14-/m0/s1. The number of hydrogen-bond donors (Lipinski definition) is 1. The summed E-state index contributed by atoms with van der Waals surface area (Å²) in [4.78, 5) is 14.5. The Kier molecular flexibility index (Phi) is 4.25. The Balaban J connectivity index is 2.06. The van der Waals surface area contributed by atoms with Crippen LogP contribution in [-0.4, -0.2) is 29.1 Å². The van der Waals surface area contributed by atoms with Crippen LogP contribution in [0.4, 0.5) is 0 Å². The van der Waals surface area contributed by atoms with E-state index in [1.165, 1.54) is 5.56 Å². The van der Waals surface area contributed by atoms with Crippen molar-refractivity contribution in [3.63, 3.8) is 0 Å². The van der Waals surface area contributed by atoms with Gasteiger partial charge in [0, 0.05) is 6.54 Å². The first-order valence-corrected chi connectivity index (χ1v) is 7.17. The Morgan fingerprint density at radius 1 is 1.26 bits per heavy atom. The summed E-state index contributed by atoms with van der Waals surface area (Å²) >= 11 is 0. The van der Waals surface area contributed by atoms with E-state index in [-0.39, 0.29) is 17.6 Å². The number of carbonyl (C=O) groups excluding carboxylic acids is 1. The molecule has 1 aliphatic heterocycles. The zero-order valence-corrected chi connectivity index (χ0v) is 12.1. The monoisotopic (exact) mass is 260 g/mol. The van der Waals surface area contributed by atoms with Gasteiger partial charge in [-0.3, -0.25) is 10.1 Å². The van der Waals surface area contributed by atoms with Crippen LogP contribution in [-0.2, 0) is 11.2 Å². The molecular formula is C16H24N2O. The topological polar surface area (TPSA) is 32.3 Å². The molecule has 104 valence electrons. The first-order valence-electron chi connectivity index (χ1n) is 7.17. The second-order valence-corrected chi connectivity index (χ2v) is 5.79. The zero-order chi connectivity index (χ0) is 13.9. The molecule has 0 radical (unpaired) electrons. The SMILES string of the molecule is CCCCN1C(=O)[C@H](Cc2ccccc2)NC1(C)C. The van der Waals surface area contributed by atoms with Crippen LogP contribution in [0.5, 0.6) is 0 Å². The summed E-state index contributed by atoms with van der Waals surface area (Å²) in [5.41, 5.74) is 0.979. The van der Waals surface area contributed by atoms with Gasteiger partial charge < -0.3 is 4.90 Å². The molecule has 19 heavy (non-hydrogen) atoms. The number of rotatable bonds is 5. The van der Waals surface area contributed by atoms with Crippen molar-refractivity contribution in [1.82, 2.24) is 10.2 Å². The third-order valence-electron chi connectivity index (χ3n) is 3.78. The van der Waals surface area contributed by atoms with E-state index in [0.29, 0.717) is 0 Å². The van der Waals surface area contributed by atoms with Gasteiger partial charge in [-0.15, -0.1) is 0 Å². The third-order valence-corrected chi connectivity index (χ3v) is 3.78. The molecule has 1 amide bonds. The molecule has 0 bridgehead atoms. The second kappa shape index (κ2) is 5.74. The molecule has 1 N–H and O–H groups in total. The van der Waals surface area contributed by atoms with E-state index in [9.17, 15) is 4.79 Å². The third kappa shape index (κ3) is 3.16. The van der Waals surface area contributed by atoms with Crippen molar-refractivity contribution < 1.29 is 4.79 Å². The highest BCUT2D eigenvalue weighted by Crippen LogP contribution is 2.23. The zero-order valence-electron chi connectivity index (χ0n) is 12.1. The number of hydrogen-bond acceptors (Lipinski definition) is 2. The van der Waals surface area contributed by atoms with Gasteiger partial charge in [-0.2, -0.15) is 0 Å². The first-order chi connectivity index (χ1) is 9.04. The first kappa shape index (κ1) is 14.1. The van der Waals surface area contributed by atoms with Gasteiger partial charge in [0.25, 0.3) is 0 Å². The van der Waals surface area contributed by atoms with E-state index >= 15 is 0 Å². The van der Waals surface area contributed by atoms with Crippen molar-refractivity contribution >= 4 is 5.91 Å². The van der Waals surface area contributed by atoms with E-state index in [2.05, 4.69) is 38.2 Å². The number of amides is 1. The molecular weight excluding hydrogens is 236 g/mol. The predicted octanol–water partition coefficient (Wildman–Crippen LogP) is 2.57. The molecule has 1 atom stereocenters. The average molecular weight is 260 g/mol. The van der Waals surface area contributed by atoms with Crippen molar-refractivity contribution in [2.45, 2.75) is 51.7 Å². The van der Waals surface area contributed by atoms with Crippen LogP contribution in [0.25, 0.3) is 0 Å². The van der Waals surface area contributed by atoms with Crippen LogP contribution in [0.15, 0.2) is 30.3 Å². The number of nitrogens with zero attached hydrogens (tertiary/aromatic N) is 1. The Hall–Kier alpha value is -1.35. The Labute approximate surface area is 116 Å². The van der Waals surface area contributed by atoms with Crippen molar-refractivity contribution in [3.05, 3.63) is 35.9 Å². The Bertz CT molecular complexity index is 428. The summed E-state index contributed by atoms with van der Waals surface area (Å²) < 4.78 is 0. The van der Waals surface area contributed by atoms with Crippen LogP contribution in [0.1, 0.15) is 39.2 Å². The van der Waals surface area contributed by atoms with E-state index in [0.717, 1.165) is 25.8 Å². The van der Waals surface area contributed by atoms with Crippen LogP contribution in [0, 0.1) is 0 Å². The molecule has 3 heteroatoms. The molecule has 1 heterocycles. The van der Waals surface area contributed by atoms with Crippen molar-refractivity contribution in [3.8, 4) is 0 Å². The molecule has 1 fully saturated rings. The molecule has 1 aliphatic rings. The van der Waals surface area contributed by atoms with Crippen LogP contribution in [0.2, 0.25) is 0 Å². The minimum Gasteiger partial charge on any atom is -0.324 e. The van der Waals surface area contributed by atoms with Crippen LogP contribution < -0.4 is 5.32 Å². The quantitative estimate of drug-likeness (QED) is 0.882. The van der Waals surface area contributed by atoms with Crippen LogP contribution >= 0.6 is 0 Å². The lowest BCUT2D eigenvalue weighted by Crippen LogP contribution is -2.47. The highest BCUT2D eigenvalue weighted by atomic mass is 16.2. The van der Waals surface area contributed by atoms with Gasteiger partial charge >= 0.3 is 0 Å². The molecule has 1 aromatic rings. The number of carbonyl (C=O) groups is 1. The predicted molar refractivity (Wildman–Crippen MR) is 77.8 cm³/mol. The number of benzene rings is 1.